The molecule has 1 spiro atoms. The first-order valence-corrected chi connectivity index (χ1v) is 20.0. The van der Waals surface area contributed by atoms with Crippen molar-refractivity contribution in [2.24, 2.45) is 46.3 Å². The Labute approximate surface area is 306 Å². The third-order valence-corrected chi connectivity index (χ3v) is 15.6. The van der Waals surface area contributed by atoms with Gasteiger partial charge < -0.3 is 64.2 Å². The number of aliphatic hydroxyl groups is 7. The Morgan fingerprint density at radius 2 is 1.50 bits per heavy atom. The van der Waals surface area contributed by atoms with Gasteiger partial charge in [-0.25, -0.2) is 0 Å². The molecule has 13 nitrogen and oxygen atoms in total. The Morgan fingerprint density at radius 1 is 0.788 bits per heavy atom. The molecule has 0 radical (unpaired) electrons. The van der Waals surface area contributed by atoms with Gasteiger partial charge >= 0.3 is 0 Å². The quantitative estimate of drug-likeness (QED) is 0.193. The lowest BCUT2D eigenvalue weighted by Crippen LogP contribution is -2.65. The lowest BCUT2D eigenvalue weighted by atomic mass is 9.47. The van der Waals surface area contributed by atoms with Gasteiger partial charge in [-0.2, -0.15) is 0 Å². The Bertz CT molecular complexity index is 1320. The predicted octanol–water partition coefficient (Wildman–Crippen LogP) is 1.36. The van der Waals surface area contributed by atoms with Crippen molar-refractivity contribution >= 4 is 0 Å². The molecule has 21 atom stereocenters. The van der Waals surface area contributed by atoms with Crippen LogP contribution in [0.15, 0.2) is 11.6 Å². The van der Waals surface area contributed by atoms with E-state index in [9.17, 15) is 35.7 Å². The molecular formula is C39H62O13. The van der Waals surface area contributed by atoms with E-state index in [-0.39, 0.29) is 23.0 Å². The molecule has 8 rings (SSSR count). The monoisotopic (exact) mass is 738 g/mol. The van der Waals surface area contributed by atoms with Crippen LogP contribution >= 0.6 is 0 Å². The molecule has 0 aromatic carbocycles. The van der Waals surface area contributed by atoms with Crippen molar-refractivity contribution in [3.05, 3.63) is 11.6 Å². The summed E-state index contributed by atoms with van der Waals surface area (Å²) in [5.74, 6) is 2.83. The lowest BCUT2D eigenvalue weighted by Gasteiger charge is -2.58. The normalized spacial score (nSPS) is 57.5. The van der Waals surface area contributed by atoms with Crippen LogP contribution in [-0.2, 0) is 28.4 Å². The van der Waals surface area contributed by atoms with Crippen molar-refractivity contribution in [3.63, 3.8) is 0 Å². The van der Waals surface area contributed by atoms with E-state index in [1.54, 1.807) is 0 Å². The van der Waals surface area contributed by atoms with Crippen LogP contribution in [0, 0.1) is 46.3 Å². The fraction of sp³-hybridized carbons (Fsp3) is 0.949. The first kappa shape index (κ1) is 38.1. The van der Waals surface area contributed by atoms with Crippen molar-refractivity contribution < 1.29 is 64.2 Å². The average molecular weight is 739 g/mol. The topological polar surface area (TPSA) is 197 Å². The van der Waals surface area contributed by atoms with E-state index >= 15 is 0 Å². The first-order chi connectivity index (χ1) is 24.7. The molecule has 296 valence electrons. The zero-order valence-corrected chi connectivity index (χ0v) is 31.0. The molecule has 52 heavy (non-hydrogen) atoms. The predicted molar refractivity (Wildman–Crippen MR) is 183 cm³/mol. The van der Waals surface area contributed by atoms with Crippen LogP contribution in [-0.4, -0.2) is 135 Å². The highest BCUT2D eigenvalue weighted by Crippen LogP contribution is 2.70. The minimum Gasteiger partial charge on any atom is -0.394 e. The van der Waals surface area contributed by atoms with Crippen molar-refractivity contribution in [2.75, 3.05) is 19.8 Å². The molecule has 0 aromatic rings. The molecular weight excluding hydrogens is 676 g/mol. The third-order valence-electron chi connectivity index (χ3n) is 15.6. The van der Waals surface area contributed by atoms with Crippen molar-refractivity contribution in [1.82, 2.24) is 0 Å². The highest BCUT2D eigenvalue weighted by molar-refractivity contribution is 5.26. The number of hydrogen-bond acceptors (Lipinski definition) is 13. The zero-order chi connectivity index (χ0) is 36.9. The first-order valence-electron chi connectivity index (χ1n) is 20.0. The van der Waals surface area contributed by atoms with Crippen molar-refractivity contribution in [3.8, 4) is 0 Å². The average Bonchev–Trinajstić information content (AvgIpc) is 3.58. The Kier molecular flexibility index (Phi) is 10.3. The highest BCUT2D eigenvalue weighted by atomic mass is 16.8. The van der Waals surface area contributed by atoms with E-state index < -0.39 is 80.4 Å². The van der Waals surface area contributed by atoms with E-state index in [2.05, 4.69) is 33.8 Å². The van der Waals surface area contributed by atoms with Crippen LogP contribution in [0.5, 0.6) is 0 Å². The molecule has 8 aliphatic rings. The van der Waals surface area contributed by atoms with Crippen LogP contribution in [0.25, 0.3) is 0 Å². The lowest BCUT2D eigenvalue weighted by molar-refractivity contribution is -0.372. The molecule has 4 saturated heterocycles. The minimum absolute atomic E-state index is 0.0289. The van der Waals surface area contributed by atoms with Gasteiger partial charge in [0.2, 0.25) is 0 Å². The van der Waals surface area contributed by atoms with Crippen LogP contribution in [0.2, 0.25) is 0 Å². The number of allylic oxidation sites excluding steroid dienone is 1. The van der Waals surface area contributed by atoms with E-state index in [1.807, 2.05) is 0 Å². The number of rotatable bonds is 6. The summed E-state index contributed by atoms with van der Waals surface area (Å²) in [4.78, 5) is 0. The van der Waals surface area contributed by atoms with Gasteiger partial charge in [0.15, 0.2) is 18.4 Å². The molecule has 0 bridgehead atoms. The molecule has 3 saturated carbocycles. The van der Waals surface area contributed by atoms with E-state index in [0.717, 1.165) is 45.1 Å². The maximum Gasteiger partial charge on any atom is 0.187 e. The fourth-order valence-electron chi connectivity index (χ4n) is 12.6. The maximum atomic E-state index is 11.1. The number of hydrogen-bond donors (Lipinski definition) is 7. The second-order valence-corrected chi connectivity index (χ2v) is 18.3. The minimum atomic E-state index is -1.72. The Balaban J connectivity index is 0.964. The molecule has 13 heteroatoms. The van der Waals surface area contributed by atoms with E-state index in [0.29, 0.717) is 41.9 Å². The van der Waals surface area contributed by atoms with Gasteiger partial charge in [0.1, 0.15) is 48.8 Å². The van der Waals surface area contributed by atoms with E-state index in [4.69, 9.17) is 28.4 Å². The maximum absolute atomic E-state index is 11.1. The summed E-state index contributed by atoms with van der Waals surface area (Å²) in [7, 11) is 0. The van der Waals surface area contributed by atoms with Gasteiger partial charge in [0.25, 0.3) is 0 Å². The molecule has 4 aliphatic carbocycles. The highest BCUT2D eigenvalue weighted by Gasteiger charge is 2.68. The van der Waals surface area contributed by atoms with Gasteiger partial charge in [-0.3, -0.25) is 0 Å². The Hall–Kier alpha value is -0.780. The number of ether oxygens (including phenoxy) is 6. The second-order valence-electron chi connectivity index (χ2n) is 18.3. The van der Waals surface area contributed by atoms with Gasteiger partial charge in [-0.05, 0) is 91.8 Å². The van der Waals surface area contributed by atoms with Gasteiger partial charge in [-0.1, -0.05) is 39.3 Å². The summed E-state index contributed by atoms with van der Waals surface area (Å²) >= 11 is 0. The molecule has 4 heterocycles. The van der Waals surface area contributed by atoms with Crippen LogP contribution < -0.4 is 0 Å². The second kappa shape index (κ2) is 14.0. The van der Waals surface area contributed by atoms with Crippen LogP contribution in [0.1, 0.15) is 85.5 Å². The van der Waals surface area contributed by atoms with Gasteiger partial charge in [0, 0.05) is 12.3 Å². The third kappa shape index (κ3) is 5.90. The number of fused-ring (bicyclic) bond motifs is 7. The molecule has 7 N–H and O–H groups in total. The summed E-state index contributed by atoms with van der Waals surface area (Å²) < 4.78 is 37.4. The van der Waals surface area contributed by atoms with Crippen molar-refractivity contribution in [2.45, 2.75) is 165 Å². The van der Waals surface area contributed by atoms with Gasteiger partial charge in [-0.15, -0.1) is 0 Å². The zero-order valence-electron chi connectivity index (χ0n) is 31.0. The van der Waals surface area contributed by atoms with Crippen molar-refractivity contribution in [1.29, 1.82) is 0 Å². The molecule has 0 aromatic heterocycles. The smallest absolute Gasteiger partial charge is 0.187 e. The number of aliphatic hydroxyl groups excluding tert-OH is 7. The molecule has 7 fully saturated rings. The fourth-order valence-corrected chi connectivity index (χ4v) is 12.6. The standard InChI is InChI=1S/C39H62O13/c1-18-7-12-39(47-17-18)19(2)28-25(52-39)14-24-22-6-5-20-13-21(8-10-37(20,3)23(22)9-11-38(24,28)4)48-36-34(32(45)30(43)27(16-41)50-36)51-35-33(46)31(44)29(42)26(15-40)49-35/h5,18-19,21-36,40-46H,6-17H2,1-4H3/t18-,19-,21-,22+,23-,24-,25-,26+,27+,28-,29+,30-,31-,32-,33+,34+,35-,36+,37-,38-,39+/m0/s1. The molecule has 0 unspecified atom stereocenters. The summed E-state index contributed by atoms with van der Waals surface area (Å²) in [6.45, 7) is 9.20. The summed E-state index contributed by atoms with van der Waals surface area (Å²) in [5.41, 5.74) is 1.63. The van der Waals surface area contributed by atoms with Gasteiger partial charge in [0.05, 0.1) is 32.0 Å². The molecule has 4 aliphatic heterocycles. The summed E-state index contributed by atoms with van der Waals surface area (Å²) in [6.07, 6.45) is -3.28. The van der Waals surface area contributed by atoms with Crippen LogP contribution in [0.4, 0.5) is 0 Å². The van der Waals surface area contributed by atoms with Crippen LogP contribution in [0.3, 0.4) is 0 Å². The summed E-state index contributed by atoms with van der Waals surface area (Å²) in [5, 5.41) is 72.6. The molecule has 0 amide bonds. The SMILES string of the molecule is C[C@H]1CC[C@@]2(OC1)O[C@H]1C[C@H]3[C@@H]4CC=C5C[C@@H](O[C@@H]6O[C@H](CO)[C@H](O)[C@H](O)[C@H]6O[C@@H]6O[C@H](CO)[C@@H](O)[C@H](O)[C@H]6O)CC[C@]5(C)[C@H]4CC[C@]3(C)[C@H]1[C@@H]2C. The largest absolute Gasteiger partial charge is 0.394 e. The Morgan fingerprint density at radius 3 is 2.19 bits per heavy atom. The van der Waals surface area contributed by atoms with E-state index in [1.165, 1.54) is 18.4 Å². The summed E-state index contributed by atoms with van der Waals surface area (Å²) in [6, 6.07) is 0.